The zero-order valence-corrected chi connectivity index (χ0v) is 27.1. The van der Waals surface area contributed by atoms with E-state index in [0.29, 0.717) is 11.3 Å². The highest BCUT2D eigenvalue weighted by atomic mass is 35.5. The summed E-state index contributed by atoms with van der Waals surface area (Å²) in [5, 5.41) is 8.86. The summed E-state index contributed by atoms with van der Waals surface area (Å²) >= 11 is 16.8. The molecule has 8 nitrogen and oxygen atoms in total. The molecule has 0 aromatic heterocycles. The fourth-order valence-electron chi connectivity index (χ4n) is 3.35. The molecule has 0 radical (unpaired) electrons. The molecule has 0 bridgehead atoms. The van der Waals surface area contributed by atoms with Crippen molar-refractivity contribution in [1.29, 1.82) is 0 Å². The van der Waals surface area contributed by atoms with Crippen molar-refractivity contribution >= 4 is 41.1 Å². The van der Waals surface area contributed by atoms with Gasteiger partial charge in [0.05, 0.1) is 36.9 Å². The van der Waals surface area contributed by atoms with Crippen LogP contribution in [0.15, 0.2) is 60.7 Å². The van der Waals surface area contributed by atoms with Gasteiger partial charge in [0.25, 0.3) is 0 Å². The zero-order chi connectivity index (χ0) is 37.1. The van der Waals surface area contributed by atoms with Crippen molar-refractivity contribution in [2.75, 3.05) is 21.3 Å². The van der Waals surface area contributed by atoms with E-state index in [4.69, 9.17) is 54.1 Å². The molecule has 19 heteroatoms. The van der Waals surface area contributed by atoms with Crippen LogP contribution in [-0.4, -0.2) is 45.4 Å². The van der Waals surface area contributed by atoms with E-state index in [1.54, 1.807) is 0 Å². The minimum Gasteiger partial charge on any atom is -0.504 e. The minimum atomic E-state index is -4.86. The normalized spacial score (nSPS) is 10.8. The van der Waals surface area contributed by atoms with Gasteiger partial charge in [0.15, 0.2) is 35.0 Å². The number of halogens is 11. The van der Waals surface area contributed by atoms with Gasteiger partial charge in [-0.2, -0.15) is 0 Å². The maximum absolute atomic E-state index is 13.3. The van der Waals surface area contributed by atoms with Crippen LogP contribution in [0.2, 0.25) is 15.1 Å². The predicted octanol–water partition coefficient (Wildman–Crippen LogP) is 10.4. The molecule has 266 valence electrons. The number of hydrogen-bond acceptors (Lipinski definition) is 8. The number of rotatable bonds is 8. The molecule has 0 aliphatic rings. The van der Waals surface area contributed by atoms with Gasteiger partial charge in [0, 0.05) is 12.1 Å². The second-order valence-electron chi connectivity index (χ2n) is 8.61. The van der Waals surface area contributed by atoms with E-state index < -0.39 is 40.9 Å². The molecular formula is C30H21Cl3F8O8. The average molecular weight is 768 g/mol. The lowest BCUT2D eigenvalue weighted by Crippen LogP contribution is -2.17. The first kappa shape index (κ1) is 40.6. The van der Waals surface area contributed by atoms with Crippen LogP contribution in [0.1, 0.15) is 10.4 Å². The summed E-state index contributed by atoms with van der Waals surface area (Å²) in [5.41, 5.74) is -0.241. The van der Waals surface area contributed by atoms with Gasteiger partial charge in [-0.3, -0.25) is 4.79 Å². The number of carbonyl (C=O) groups excluding carboxylic acids is 1. The summed E-state index contributed by atoms with van der Waals surface area (Å²) in [7, 11) is 3.82. The van der Waals surface area contributed by atoms with Crippen LogP contribution < -0.4 is 28.4 Å². The van der Waals surface area contributed by atoms with Gasteiger partial charge in [-0.25, -0.2) is 8.78 Å². The third-order valence-corrected chi connectivity index (χ3v) is 6.42. The van der Waals surface area contributed by atoms with Crippen molar-refractivity contribution in [3.05, 3.63) is 92.9 Å². The second kappa shape index (κ2) is 17.7. The Hall–Kier alpha value is -4.54. The number of ether oxygens (including phenoxy) is 6. The van der Waals surface area contributed by atoms with Gasteiger partial charge in [-0.05, 0) is 48.5 Å². The van der Waals surface area contributed by atoms with E-state index >= 15 is 0 Å². The molecule has 0 heterocycles. The van der Waals surface area contributed by atoms with Crippen molar-refractivity contribution in [2.45, 2.75) is 12.7 Å². The molecule has 0 unspecified atom stereocenters. The molecule has 4 aromatic rings. The summed E-state index contributed by atoms with van der Waals surface area (Å²) in [6, 6.07) is 10.8. The Labute approximate surface area is 287 Å². The number of benzene rings is 4. The molecule has 0 aliphatic heterocycles. The average Bonchev–Trinajstić information content (AvgIpc) is 3.02. The molecule has 4 rings (SSSR count). The highest BCUT2D eigenvalue weighted by Crippen LogP contribution is 2.39. The second-order valence-corrected chi connectivity index (χ2v) is 9.77. The lowest BCUT2D eigenvalue weighted by molar-refractivity contribution is -0.275. The van der Waals surface area contributed by atoms with Crippen LogP contribution in [0.4, 0.5) is 35.1 Å². The highest BCUT2D eigenvalue weighted by molar-refractivity contribution is 6.37. The Balaban J connectivity index is 0.000000282. The fraction of sp³-hybridized carbons (Fsp3) is 0.167. The number of phenols is 1. The molecule has 0 spiro atoms. The Kier molecular flexibility index (Phi) is 14.7. The quantitative estimate of drug-likeness (QED) is 0.108. The number of hydrogen-bond donors (Lipinski definition) is 1. The predicted molar refractivity (Wildman–Crippen MR) is 161 cm³/mol. The highest BCUT2D eigenvalue weighted by Gasteiger charge is 2.32. The van der Waals surface area contributed by atoms with Crippen LogP contribution in [0, 0.1) is 11.6 Å². The van der Waals surface area contributed by atoms with E-state index in [9.17, 15) is 39.9 Å². The Morgan fingerprint density at radius 1 is 0.633 bits per heavy atom. The smallest absolute Gasteiger partial charge is 0.504 e. The van der Waals surface area contributed by atoms with Crippen molar-refractivity contribution in [3.63, 3.8) is 0 Å². The molecule has 49 heavy (non-hydrogen) atoms. The summed E-state index contributed by atoms with van der Waals surface area (Å²) < 4.78 is 125. The van der Waals surface area contributed by atoms with E-state index in [2.05, 4.69) is 14.2 Å². The number of carbonyl (C=O) groups is 1. The summed E-state index contributed by atoms with van der Waals surface area (Å²) in [4.78, 5) is 11.0. The largest absolute Gasteiger partial charge is 0.573 e. The number of aldehydes is 1. The maximum Gasteiger partial charge on any atom is 0.573 e. The molecule has 0 saturated heterocycles. The molecule has 0 amide bonds. The third-order valence-electron chi connectivity index (χ3n) is 5.39. The SMILES string of the molecule is COc1c(Cl)ccc(F)c1Cl.COc1cc(OC(F)(F)F)ccc1O.COc1cc(OC(F)(F)F)ccc1Oc1ccc(F)c(Cl)c1C=O. The number of phenolic OH excluding ortho intramolecular Hbond substituents is 1. The molecule has 0 atom stereocenters. The Bertz CT molecular complexity index is 1740. The molecule has 0 fully saturated rings. The monoisotopic (exact) mass is 766 g/mol. The van der Waals surface area contributed by atoms with Crippen LogP contribution in [-0.2, 0) is 0 Å². The van der Waals surface area contributed by atoms with Crippen LogP contribution >= 0.6 is 34.8 Å². The molecule has 4 aromatic carbocycles. The van der Waals surface area contributed by atoms with Crippen molar-refractivity contribution < 1.29 is 73.4 Å². The van der Waals surface area contributed by atoms with Gasteiger partial charge >= 0.3 is 12.7 Å². The van der Waals surface area contributed by atoms with Gasteiger partial charge in [-0.1, -0.05) is 34.8 Å². The lowest BCUT2D eigenvalue weighted by atomic mass is 10.2. The first-order valence-electron chi connectivity index (χ1n) is 12.7. The number of methoxy groups -OCH3 is 3. The summed E-state index contributed by atoms with van der Waals surface area (Å²) in [5.74, 6) is -2.64. The topological polar surface area (TPSA) is 92.7 Å². The van der Waals surface area contributed by atoms with Crippen molar-refractivity contribution in [3.8, 4) is 46.0 Å². The number of alkyl halides is 6. The van der Waals surface area contributed by atoms with Crippen molar-refractivity contribution in [1.82, 2.24) is 0 Å². The van der Waals surface area contributed by atoms with Gasteiger partial charge in [0.1, 0.15) is 33.9 Å². The fourth-order valence-corrected chi connectivity index (χ4v) is 4.07. The van der Waals surface area contributed by atoms with Gasteiger partial charge in [-0.15, -0.1) is 26.3 Å². The first-order chi connectivity index (χ1) is 22.8. The maximum atomic E-state index is 13.3. The third kappa shape index (κ3) is 12.5. The molecular weight excluding hydrogens is 747 g/mol. The molecule has 1 N–H and O–H groups in total. The van der Waals surface area contributed by atoms with Gasteiger partial charge in [0.2, 0.25) is 0 Å². The van der Waals surface area contributed by atoms with Gasteiger partial charge < -0.3 is 33.5 Å². The Morgan fingerprint density at radius 2 is 1.12 bits per heavy atom. The number of aromatic hydroxyl groups is 1. The van der Waals surface area contributed by atoms with E-state index in [-0.39, 0.29) is 45.1 Å². The van der Waals surface area contributed by atoms with Crippen LogP contribution in [0.25, 0.3) is 0 Å². The summed E-state index contributed by atoms with van der Waals surface area (Å²) in [6.07, 6.45) is -9.31. The van der Waals surface area contributed by atoms with E-state index in [1.165, 1.54) is 33.5 Å². The van der Waals surface area contributed by atoms with Crippen LogP contribution in [0.3, 0.4) is 0 Å². The zero-order valence-electron chi connectivity index (χ0n) is 24.8. The van der Waals surface area contributed by atoms with E-state index in [1.807, 2.05) is 0 Å². The molecule has 0 saturated carbocycles. The first-order valence-corrected chi connectivity index (χ1v) is 13.8. The summed E-state index contributed by atoms with van der Waals surface area (Å²) in [6.45, 7) is 0. The lowest BCUT2D eigenvalue weighted by Gasteiger charge is -2.14. The van der Waals surface area contributed by atoms with E-state index in [0.717, 1.165) is 48.5 Å². The minimum absolute atomic E-state index is 0.0159. The van der Waals surface area contributed by atoms with Crippen LogP contribution in [0.5, 0.6) is 46.0 Å². The molecule has 0 aliphatic carbocycles. The van der Waals surface area contributed by atoms with Crippen molar-refractivity contribution in [2.24, 2.45) is 0 Å². The standard InChI is InChI=1S/C15H9ClF4O4.C8H7F3O3.C7H5Cl2FO/c1-22-13-6-8(24-15(18,19)20)2-4-12(13)23-11-5-3-10(17)14(16)9(11)7-21;1-13-7-4-5(2-3-6(7)12)14-8(9,10)11;1-11-7-4(8)2-3-5(10)6(7)9/h2-7H,1H3;2-4,12H,1H3;2-3H,1H3. The Morgan fingerprint density at radius 3 is 1.61 bits per heavy atom.